The van der Waals surface area contributed by atoms with Gasteiger partial charge in [0.2, 0.25) is 0 Å². The quantitative estimate of drug-likeness (QED) is 0.0978. The zero-order chi connectivity index (χ0) is 29.4. The molecule has 3 aromatic rings. The number of thiocarbonyl (C=S) groups is 1. The van der Waals surface area contributed by atoms with Crippen molar-refractivity contribution in [1.82, 2.24) is 0 Å². The van der Waals surface area contributed by atoms with Crippen LogP contribution in [0, 0.1) is 0 Å². The predicted molar refractivity (Wildman–Crippen MR) is 170 cm³/mol. The number of thioether (sulfide) groups is 1. The molecule has 0 saturated carbocycles. The Kier molecular flexibility index (Phi) is 10.2. The number of benzene rings is 3. The van der Waals surface area contributed by atoms with E-state index in [4.69, 9.17) is 26.4 Å². The SMILES string of the molecule is CCCCOC(=O)c1ccc(N2C(=O)C(=Cc3ccc(OCCOc4ccc(C(C)(C)C)cc4)cc3)SC2=S)cc1. The van der Waals surface area contributed by atoms with Gasteiger partial charge in [0, 0.05) is 0 Å². The molecule has 4 rings (SSSR count). The van der Waals surface area contributed by atoms with Gasteiger partial charge in [-0.2, -0.15) is 0 Å². The molecule has 0 atom stereocenters. The van der Waals surface area contributed by atoms with Crippen molar-refractivity contribution in [2.24, 2.45) is 0 Å². The number of hydrogen-bond acceptors (Lipinski definition) is 7. The van der Waals surface area contributed by atoms with Gasteiger partial charge in [0.1, 0.15) is 24.7 Å². The summed E-state index contributed by atoms with van der Waals surface area (Å²) in [7, 11) is 0. The number of nitrogens with zero attached hydrogens (tertiary/aromatic N) is 1. The molecule has 1 heterocycles. The minimum Gasteiger partial charge on any atom is -0.490 e. The summed E-state index contributed by atoms with van der Waals surface area (Å²) < 4.78 is 17.3. The van der Waals surface area contributed by atoms with Crippen molar-refractivity contribution in [3.63, 3.8) is 0 Å². The largest absolute Gasteiger partial charge is 0.490 e. The van der Waals surface area contributed by atoms with Crippen LogP contribution in [-0.4, -0.2) is 36.0 Å². The number of amides is 1. The van der Waals surface area contributed by atoms with Crippen LogP contribution in [0.5, 0.6) is 11.5 Å². The third-order valence-corrected chi connectivity index (χ3v) is 7.71. The van der Waals surface area contributed by atoms with Crippen LogP contribution in [0.25, 0.3) is 6.08 Å². The molecule has 3 aromatic carbocycles. The molecule has 41 heavy (non-hydrogen) atoms. The molecule has 0 spiro atoms. The van der Waals surface area contributed by atoms with E-state index in [1.165, 1.54) is 22.2 Å². The zero-order valence-electron chi connectivity index (χ0n) is 23.8. The first-order valence-corrected chi connectivity index (χ1v) is 14.9. The highest BCUT2D eigenvalue weighted by Gasteiger charge is 2.33. The Hall–Kier alpha value is -3.62. The topological polar surface area (TPSA) is 65.1 Å². The van der Waals surface area contributed by atoms with E-state index in [0.29, 0.717) is 40.3 Å². The maximum absolute atomic E-state index is 13.2. The molecule has 8 heteroatoms. The molecule has 1 amide bonds. The molecule has 0 aromatic heterocycles. The Bertz CT molecular complexity index is 1390. The minimum atomic E-state index is -0.374. The maximum Gasteiger partial charge on any atom is 0.338 e. The van der Waals surface area contributed by atoms with Gasteiger partial charge in [0.15, 0.2) is 4.32 Å². The van der Waals surface area contributed by atoms with Crippen LogP contribution < -0.4 is 14.4 Å². The standard InChI is InChI=1S/C33H35NO5S2/c1-5-6-19-39-31(36)24-9-13-26(14-10-24)34-30(35)29(41-32(34)40)22-23-7-15-27(16-8-23)37-20-21-38-28-17-11-25(12-18-28)33(2,3)4/h7-18,22H,5-6,19-21H2,1-4H3. The average molecular weight is 590 g/mol. The first kappa shape index (κ1) is 30.3. The second kappa shape index (κ2) is 13.8. The first-order valence-electron chi connectivity index (χ1n) is 13.7. The van der Waals surface area contributed by atoms with E-state index in [1.807, 2.05) is 49.4 Å². The predicted octanol–water partition coefficient (Wildman–Crippen LogP) is 7.80. The Labute approximate surface area is 251 Å². The lowest BCUT2D eigenvalue weighted by atomic mass is 9.87. The zero-order valence-corrected chi connectivity index (χ0v) is 25.5. The molecule has 1 saturated heterocycles. The fourth-order valence-electron chi connectivity index (χ4n) is 4.01. The van der Waals surface area contributed by atoms with Crippen molar-refractivity contribution >= 4 is 51.9 Å². The summed E-state index contributed by atoms with van der Waals surface area (Å²) in [6.45, 7) is 9.82. The summed E-state index contributed by atoms with van der Waals surface area (Å²) in [6, 6.07) is 22.4. The fraction of sp³-hybridized carbons (Fsp3) is 0.303. The van der Waals surface area contributed by atoms with Crippen molar-refractivity contribution in [2.75, 3.05) is 24.7 Å². The number of carbonyl (C=O) groups is 2. The molecule has 214 valence electrons. The van der Waals surface area contributed by atoms with Gasteiger partial charge in [-0.05, 0) is 77.6 Å². The molecular weight excluding hydrogens is 554 g/mol. The number of unbranched alkanes of at least 4 members (excludes halogenated alkanes) is 1. The number of hydrogen-bond donors (Lipinski definition) is 0. The molecule has 0 aliphatic carbocycles. The van der Waals surface area contributed by atoms with Gasteiger partial charge in [-0.3, -0.25) is 9.69 Å². The van der Waals surface area contributed by atoms with Crippen molar-refractivity contribution in [3.8, 4) is 11.5 Å². The van der Waals surface area contributed by atoms with Crippen LogP contribution >= 0.6 is 24.0 Å². The van der Waals surface area contributed by atoms with Gasteiger partial charge in [-0.15, -0.1) is 0 Å². The molecule has 1 aliphatic rings. The number of ether oxygens (including phenoxy) is 3. The number of esters is 1. The summed E-state index contributed by atoms with van der Waals surface area (Å²) in [4.78, 5) is 27.3. The van der Waals surface area contributed by atoms with E-state index < -0.39 is 0 Å². The third-order valence-electron chi connectivity index (χ3n) is 6.40. The Morgan fingerprint density at radius 3 is 2.02 bits per heavy atom. The Morgan fingerprint density at radius 2 is 1.46 bits per heavy atom. The monoisotopic (exact) mass is 589 g/mol. The summed E-state index contributed by atoms with van der Waals surface area (Å²) >= 11 is 6.74. The summed E-state index contributed by atoms with van der Waals surface area (Å²) in [5.74, 6) is 0.956. The molecule has 0 bridgehead atoms. The summed E-state index contributed by atoms with van der Waals surface area (Å²) in [5, 5.41) is 0. The second-order valence-corrected chi connectivity index (χ2v) is 12.3. The number of rotatable bonds is 11. The van der Waals surface area contributed by atoms with E-state index in [9.17, 15) is 9.59 Å². The molecule has 0 radical (unpaired) electrons. The van der Waals surface area contributed by atoms with Gasteiger partial charge in [0.05, 0.1) is 22.8 Å². The first-order chi connectivity index (χ1) is 19.7. The Balaban J connectivity index is 1.29. The lowest BCUT2D eigenvalue weighted by Crippen LogP contribution is -2.27. The fourth-order valence-corrected chi connectivity index (χ4v) is 5.31. The van der Waals surface area contributed by atoms with E-state index in [0.717, 1.165) is 29.9 Å². The van der Waals surface area contributed by atoms with Gasteiger partial charge in [-0.1, -0.05) is 82.4 Å². The van der Waals surface area contributed by atoms with Crippen LogP contribution in [0.2, 0.25) is 0 Å². The lowest BCUT2D eigenvalue weighted by Gasteiger charge is -2.19. The van der Waals surface area contributed by atoms with Crippen LogP contribution in [0.4, 0.5) is 5.69 Å². The second-order valence-electron chi connectivity index (χ2n) is 10.6. The van der Waals surface area contributed by atoms with Gasteiger partial charge < -0.3 is 14.2 Å². The molecule has 0 unspecified atom stereocenters. The summed E-state index contributed by atoms with van der Waals surface area (Å²) in [6.07, 6.45) is 3.59. The van der Waals surface area contributed by atoms with Crippen molar-refractivity contribution < 1.29 is 23.8 Å². The van der Waals surface area contributed by atoms with E-state index in [-0.39, 0.29) is 17.3 Å². The third kappa shape index (κ3) is 8.21. The van der Waals surface area contributed by atoms with Crippen molar-refractivity contribution in [3.05, 3.63) is 94.4 Å². The Morgan fingerprint density at radius 1 is 0.878 bits per heavy atom. The number of carbonyl (C=O) groups excluding carboxylic acids is 2. The highest BCUT2D eigenvalue weighted by Crippen LogP contribution is 2.36. The van der Waals surface area contributed by atoms with E-state index >= 15 is 0 Å². The molecule has 1 aliphatic heterocycles. The van der Waals surface area contributed by atoms with Crippen molar-refractivity contribution in [2.45, 2.75) is 46.0 Å². The number of anilines is 1. The minimum absolute atomic E-state index is 0.108. The van der Waals surface area contributed by atoms with E-state index in [2.05, 4.69) is 32.9 Å². The van der Waals surface area contributed by atoms with Crippen molar-refractivity contribution in [1.29, 1.82) is 0 Å². The summed E-state index contributed by atoms with van der Waals surface area (Å²) in [5.41, 5.74) is 3.28. The maximum atomic E-state index is 13.2. The average Bonchev–Trinajstić information content (AvgIpc) is 3.24. The smallest absolute Gasteiger partial charge is 0.338 e. The highest BCUT2D eigenvalue weighted by molar-refractivity contribution is 8.27. The van der Waals surface area contributed by atoms with Gasteiger partial charge in [-0.25, -0.2) is 4.79 Å². The van der Waals surface area contributed by atoms with Crippen LogP contribution in [0.3, 0.4) is 0 Å². The molecular formula is C33H35NO5S2. The molecule has 0 N–H and O–H groups in total. The van der Waals surface area contributed by atoms with Crippen LogP contribution in [0.15, 0.2) is 77.7 Å². The van der Waals surface area contributed by atoms with E-state index in [1.54, 1.807) is 24.3 Å². The van der Waals surface area contributed by atoms with Crippen LogP contribution in [0.1, 0.15) is 62.0 Å². The highest BCUT2D eigenvalue weighted by atomic mass is 32.2. The van der Waals surface area contributed by atoms with Gasteiger partial charge in [0.25, 0.3) is 5.91 Å². The lowest BCUT2D eigenvalue weighted by molar-refractivity contribution is -0.113. The van der Waals surface area contributed by atoms with Crippen LogP contribution in [-0.2, 0) is 14.9 Å². The molecule has 1 fully saturated rings. The van der Waals surface area contributed by atoms with Gasteiger partial charge >= 0.3 is 5.97 Å². The molecule has 6 nitrogen and oxygen atoms in total. The normalized spacial score (nSPS) is 14.4.